The minimum Gasteiger partial charge on any atom is -0.507 e. The molecular weight excluding hydrogens is 993 g/mol. The van der Waals surface area contributed by atoms with Crippen LogP contribution in [0.25, 0.3) is 12.2 Å². The van der Waals surface area contributed by atoms with Crippen LogP contribution in [0.2, 0.25) is 0 Å². The van der Waals surface area contributed by atoms with Crippen LogP contribution in [-0.4, -0.2) is 95.2 Å². The van der Waals surface area contributed by atoms with E-state index in [1.165, 1.54) is 0 Å². The van der Waals surface area contributed by atoms with Gasteiger partial charge in [0.2, 0.25) is 0 Å². The average Bonchev–Trinajstić information content (AvgIpc) is 4.52. The number of carbonyl (C=O) groups is 2. The maximum atomic E-state index is 16.3. The summed E-state index contributed by atoms with van der Waals surface area (Å²) in [5.41, 5.74) is 5.82. The number of aliphatic hydroxyl groups excluding tert-OH is 3. The van der Waals surface area contributed by atoms with Crippen molar-refractivity contribution in [3.05, 3.63) is 140 Å². The van der Waals surface area contributed by atoms with Gasteiger partial charge in [0.1, 0.15) is 29.5 Å². The number of nitrogens with one attached hydrogen (secondary N) is 4. The largest absolute Gasteiger partial charge is 0.507 e. The lowest BCUT2D eigenvalue weighted by molar-refractivity contribution is -0.135. The summed E-state index contributed by atoms with van der Waals surface area (Å²) in [6.45, 7) is 2.58. The molecule has 12 rings (SSSR count). The number of rotatable bonds is 7. The molecule has 414 valence electrons. The monoisotopic (exact) mass is 1070 g/mol. The number of benzene rings is 3. The second-order valence-corrected chi connectivity index (χ2v) is 24.3. The number of aromatic amines is 2. The summed E-state index contributed by atoms with van der Waals surface area (Å²) in [5, 5.41) is 80.7. The first kappa shape index (κ1) is 53.3. The predicted octanol–water partition coefficient (Wildman–Crippen LogP) is 9.38. The molecule has 0 amide bonds. The Hall–Kier alpha value is -6.40. The summed E-state index contributed by atoms with van der Waals surface area (Å²) in [4.78, 5) is 38.4. The molecule has 1 spiro atoms. The van der Waals surface area contributed by atoms with Crippen molar-refractivity contribution in [3.8, 4) is 29.1 Å². The molecule has 3 aromatic carbocycles. The van der Waals surface area contributed by atoms with E-state index in [2.05, 4.69) is 45.4 Å². The number of ether oxygens (including phenoxy) is 1. The van der Waals surface area contributed by atoms with Gasteiger partial charge in [0, 0.05) is 72.0 Å². The Labute approximate surface area is 463 Å². The molecule has 2 saturated carbocycles. The molecule has 10 atom stereocenters. The van der Waals surface area contributed by atoms with E-state index in [0.29, 0.717) is 53.3 Å². The maximum Gasteiger partial charge on any atom is 0.163 e. The number of Topliss-reactive ketones (excluding diaryl/α,β-unsaturated/α-hetero) is 2. The SMILES string of the molecule is C[C@H]1CC[C@H]([C@H]2C#C[C@@H]3Nc4[nH]ccc4Cc4cc(ccc4C4(CCCC4)[C@H]2O)[C@H](O)c2cc(cc(OC4CCCC4)c2O)CCC(=O)[C@H](CCO)C(=O)[C@@H]2C3=Cc3[nH]ccc3[C@@H]2C[C@]2(O)C=Cc3c(O)cccc3CC2)NC1. The van der Waals surface area contributed by atoms with Crippen molar-refractivity contribution in [2.75, 3.05) is 18.5 Å². The smallest absolute Gasteiger partial charge is 0.163 e. The molecule has 13 heteroatoms. The van der Waals surface area contributed by atoms with Crippen LogP contribution in [0.4, 0.5) is 5.82 Å². The van der Waals surface area contributed by atoms with Gasteiger partial charge in [0.15, 0.2) is 17.3 Å². The lowest BCUT2D eigenvalue weighted by atomic mass is 9.65. The number of aliphatic hydroxyl groups is 4. The first-order chi connectivity index (χ1) is 38.3. The van der Waals surface area contributed by atoms with Gasteiger partial charge in [-0.15, -0.1) is 0 Å². The molecule has 2 aromatic heterocycles. The minimum atomic E-state index is -1.47. The summed E-state index contributed by atoms with van der Waals surface area (Å²) in [7, 11) is 0. The Kier molecular flexibility index (Phi) is 14.8. The van der Waals surface area contributed by atoms with Crippen molar-refractivity contribution in [2.45, 2.75) is 163 Å². The fourth-order valence-electron chi connectivity index (χ4n) is 15.0. The van der Waals surface area contributed by atoms with Crippen LogP contribution < -0.4 is 15.4 Å². The molecule has 3 aliphatic heterocycles. The van der Waals surface area contributed by atoms with Crippen molar-refractivity contribution < 1.29 is 45.0 Å². The van der Waals surface area contributed by atoms with Crippen molar-refractivity contribution in [3.63, 3.8) is 0 Å². The minimum absolute atomic E-state index is 0.0827. The number of H-pyrrole nitrogens is 2. The first-order valence-corrected chi connectivity index (χ1v) is 29.3. The van der Waals surface area contributed by atoms with E-state index < -0.39 is 59.5 Å². The normalized spacial score (nSPS) is 29.6. The van der Waals surface area contributed by atoms with Gasteiger partial charge < -0.3 is 56.0 Å². The number of aryl methyl sites for hydroxylation is 2. The zero-order valence-electron chi connectivity index (χ0n) is 45.3. The Bertz CT molecular complexity index is 3230. The highest BCUT2D eigenvalue weighted by Gasteiger charge is 2.50. The second-order valence-electron chi connectivity index (χ2n) is 24.3. The van der Waals surface area contributed by atoms with Crippen LogP contribution in [0, 0.1) is 35.5 Å². The van der Waals surface area contributed by atoms with Crippen molar-refractivity contribution in [1.29, 1.82) is 0 Å². The Morgan fingerprint density at radius 2 is 1.65 bits per heavy atom. The Morgan fingerprint density at radius 1 is 0.823 bits per heavy atom. The number of phenolic OH excluding ortho intramolecular Hbond substituents is 2. The second kappa shape index (κ2) is 21.9. The molecule has 7 aliphatic rings. The summed E-state index contributed by atoms with van der Waals surface area (Å²) < 4.78 is 6.53. The fourth-order valence-corrected chi connectivity index (χ4v) is 15.0. The molecule has 4 aliphatic carbocycles. The maximum absolute atomic E-state index is 16.3. The highest BCUT2D eigenvalue weighted by atomic mass is 16.5. The topological polar surface area (TPSA) is 220 Å². The van der Waals surface area contributed by atoms with Crippen molar-refractivity contribution in [1.82, 2.24) is 15.3 Å². The van der Waals surface area contributed by atoms with Crippen LogP contribution in [0.1, 0.15) is 165 Å². The van der Waals surface area contributed by atoms with Gasteiger partial charge in [-0.1, -0.05) is 74.1 Å². The van der Waals surface area contributed by atoms with Crippen LogP contribution in [0.3, 0.4) is 0 Å². The number of ketones is 2. The number of phenols is 2. The Morgan fingerprint density at radius 3 is 2.44 bits per heavy atom. The number of hydrogen-bond donors (Lipinski definition) is 10. The first-order valence-electron chi connectivity index (χ1n) is 29.3. The lowest BCUT2D eigenvalue weighted by Gasteiger charge is -2.43. The van der Waals surface area contributed by atoms with Gasteiger partial charge >= 0.3 is 0 Å². The van der Waals surface area contributed by atoms with Crippen LogP contribution in [0.15, 0.2) is 84.7 Å². The van der Waals surface area contributed by atoms with Gasteiger partial charge in [-0.2, -0.15) is 0 Å². The summed E-state index contributed by atoms with van der Waals surface area (Å²) in [5.74, 6) is 4.45. The number of piperidine rings is 1. The van der Waals surface area contributed by atoms with E-state index in [-0.39, 0.29) is 72.2 Å². The fraction of sp³-hybridized carbons (Fsp3) is 0.485. The van der Waals surface area contributed by atoms with Gasteiger partial charge in [0.05, 0.1) is 29.6 Å². The number of fused-ring (bicyclic) bond motifs is 9. The van der Waals surface area contributed by atoms with E-state index in [1.807, 2.05) is 48.8 Å². The van der Waals surface area contributed by atoms with Gasteiger partial charge in [0.25, 0.3) is 0 Å². The third kappa shape index (κ3) is 10.2. The molecule has 0 unspecified atom stereocenters. The van der Waals surface area contributed by atoms with Crippen LogP contribution >= 0.6 is 0 Å². The van der Waals surface area contributed by atoms with E-state index in [9.17, 15) is 30.6 Å². The molecule has 5 bridgehead atoms. The van der Waals surface area contributed by atoms with Crippen molar-refractivity contribution >= 4 is 29.5 Å². The highest BCUT2D eigenvalue weighted by molar-refractivity contribution is 6.05. The summed E-state index contributed by atoms with van der Waals surface area (Å²) in [6, 6.07) is 17.9. The third-order valence-corrected chi connectivity index (χ3v) is 19.3. The van der Waals surface area contributed by atoms with Gasteiger partial charge in [-0.3, -0.25) is 9.59 Å². The quantitative estimate of drug-likeness (QED) is 0.0547. The zero-order valence-corrected chi connectivity index (χ0v) is 45.3. The van der Waals surface area contributed by atoms with E-state index in [4.69, 9.17) is 4.74 Å². The van der Waals surface area contributed by atoms with Gasteiger partial charge in [-0.25, -0.2) is 0 Å². The molecule has 1 saturated heterocycles. The standard InChI is InChI=1S/C66H76N4O9/c1-38-11-16-53(69-37-38)47-14-17-54-49-35-55-46(22-29-67-55)51(36-65(78)26-19-40-7-6-10-56(72)45(40)20-27-65)59(49)62(76)48(23-30-71)57(73)18-12-39-31-50(61(75)58(32-39)79-44-8-2-3-9-44)60(74)41-13-15-52(66(63(47)77)24-4-5-25-66)43(33-41)34-42-21-28-68-64(42)70-54/h6-7,10,13,15,20-22,27-29,31-33,35,38,44,47-48,51,53-54,59-60,63,67-72,74-75,77-78H,2-5,8-9,11-12,16,18-19,23-26,30,34,36-37H2,1H3/t38-,47+,48-,51-,53+,54-,59+,60-,63-,65+/m0/s1. The molecule has 0 radical (unpaired) electrons. The zero-order chi connectivity index (χ0) is 54.6. The lowest BCUT2D eigenvalue weighted by Crippen LogP contribution is -2.52. The van der Waals surface area contributed by atoms with Crippen LogP contribution in [0.5, 0.6) is 17.2 Å². The summed E-state index contributed by atoms with van der Waals surface area (Å²) >= 11 is 0. The molecular formula is C66H76N4O9. The third-order valence-electron chi connectivity index (χ3n) is 19.3. The van der Waals surface area contributed by atoms with Crippen LogP contribution in [-0.2, 0) is 34.3 Å². The molecule has 13 nitrogen and oxygen atoms in total. The highest BCUT2D eigenvalue weighted by Crippen LogP contribution is 2.52. The summed E-state index contributed by atoms with van der Waals surface area (Å²) in [6.07, 6.45) is 16.8. The van der Waals surface area contributed by atoms with E-state index >= 15 is 9.59 Å². The van der Waals surface area contributed by atoms with E-state index in [1.54, 1.807) is 36.4 Å². The molecule has 10 N–H and O–H groups in total. The molecule has 79 heavy (non-hydrogen) atoms. The average molecular weight is 1070 g/mol. The predicted molar refractivity (Wildman–Crippen MR) is 304 cm³/mol. The molecule has 5 heterocycles. The Balaban J connectivity index is 1.08. The molecule has 3 fully saturated rings. The van der Waals surface area contributed by atoms with Gasteiger partial charge in [-0.05, 0) is 177 Å². The number of anilines is 1. The van der Waals surface area contributed by atoms with Crippen molar-refractivity contribution in [2.24, 2.45) is 23.7 Å². The molecule has 5 aromatic rings. The number of hydrogen-bond acceptors (Lipinski definition) is 11. The number of aromatic hydroxyl groups is 2. The number of aromatic nitrogens is 2. The number of carbonyl (C=O) groups excluding carboxylic acids is 2. The van der Waals surface area contributed by atoms with E-state index in [0.717, 1.165) is 104 Å².